The molecule has 6 nitrogen and oxygen atoms in total. The molecule has 0 aliphatic carbocycles. The van der Waals surface area contributed by atoms with Crippen LogP contribution in [0.5, 0.6) is 0 Å². The minimum atomic E-state index is 0.144. The summed E-state index contributed by atoms with van der Waals surface area (Å²) in [7, 11) is 5.84. The molecule has 1 atom stereocenters. The van der Waals surface area contributed by atoms with Gasteiger partial charge in [0, 0.05) is 19.0 Å². The molecule has 24 heavy (non-hydrogen) atoms. The van der Waals surface area contributed by atoms with Gasteiger partial charge < -0.3 is 15.1 Å². The van der Waals surface area contributed by atoms with Gasteiger partial charge in [-0.1, -0.05) is 13.8 Å². The van der Waals surface area contributed by atoms with Gasteiger partial charge in [0.25, 0.3) is 0 Å². The molecule has 0 saturated carbocycles. The standard InChI is InChI=1S/C17H27N5OS/c1-12(2)13-11-24-16(21-13)10-20-17(18-3)19-9-14(22(4)5)15-7-6-8-23-15/h6-8,11-12,14H,9-10H2,1-5H3,(H2,18,19,20). The predicted molar refractivity (Wildman–Crippen MR) is 99.5 cm³/mol. The number of nitrogens with zero attached hydrogens (tertiary/aromatic N) is 3. The van der Waals surface area contributed by atoms with E-state index in [9.17, 15) is 0 Å². The number of thiazole rings is 1. The van der Waals surface area contributed by atoms with Crippen LogP contribution in [-0.2, 0) is 6.54 Å². The van der Waals surface area contributed by atoms with Crippen LogP contribution in [0.2, 0.25) is 0 Å². The zero-order chi connectivity index (χ0) is 17.5. The molecule has 0 bridgehead atoms. The molecular formula is C17H27N5OS. The second-order valence-corrected chi connectivity index (χ2v) is 7.06. The molecule has 0 saturated heterocycles. The number of likely N-dealkylation sites (N-methyl/N-ethyl adjacent to an activating group) is 1. The Morgan fingerprint density at radius 1 is 1.38 bits per heavy atom. The van der Waals surface area contributed by atoms with E-state index >= 15 is 0 Å². The van der Waals surface area contributed by atoms with E-state index in [0.29, 0.717) is 19.0 Å². The molecule has 0 aromatic carbocycles. The smallest absolute Gasteiger partial charge is 0.191 e. The highest BCUT2D eigenvalue weighted by Gasteiger charge is 2.17. The third-order valence-electron chi connectivity index (χ3n) is 3.75. The van der Waals surface area contributed by atoms with Gasteiger partial charge in [-0.15, -0.1) is 11.3 Å². The van der Waals surface area contributed by atoms with E-state index in [2.05, 4.69) is 44.7 Å². The lowest BCUT2D eigenvalue weighted by Gasteiger charge is -2.23. The van der Waals surface area contributed by atoms with E-state index < -0.39 is 0 Å². The lowest BCUT2D eigenvalue weighted by molar-refractivity contribution is 0.258. The van der Waals surface area contributed by atoms with Crippen LogP contribution in [0.1, 0.15) is 42.3 Å². The molecule has 2 heterocycles. The van der Waals surface area contributed by atoms with Crippen molar-refractivity contribution in [2.24, 2.45) is 4.99 Å². The van der Waals surface area contributed by atoms with Gasteiger partial charge in [0.15, 0.2) is 5.96 Å². The lowest BCUT2D eigenvalue weighted by Crippen LogP contribution is -2.41. The molecule has 2 rings (SSSR count). The van der Waals surface area contributed by atoms with Crippen molar-refractivity contribution in [3.63, 3.8) is 0 Å². The number of hydrogen-bond acceptors (Lipinski definition) is 5. The van der Waals surface area contributed by atoms with Gasteiger partial charge >= 0.3 is 0 Å². The largest absolute Gasteiger partial charge is 0.468 e. The Bertz CT molecular complexity index is 633. The Morgan fingerprint density at radius 2 is 2.17 bits per heavy atom. The minimum Gasteiger partial charge on any atom is -0.468 e. The first-order valence-corrected chi connectivity index (χ1v) is 8.97. The molecule has 0 fully saturated rings. The number of aromatic nitrogens is 1. The molecule has 0 spiro atoms. The van der Waals surface area contributed by atoms with Gasteiger partial charge in [-0.05, 0) is 32.1 Å². The first kappa shape index (κ1) is 18.5. The number of rotatable bonds is 7. The Morgan fingerprint density at radius 3 is 2.71 bits per heavy atom. The molecule has 0 aliphatic rings. The topological polar surface area (TPSA) is 65.7 Å². The molecule has 0 amide bonds. The third-order valence-corrected chi connectivity index (χ3v) is 4.62. The van der Waals surface area contributed by atoms with Crippen LogP contribution < -0.4 is 10.6 Å². The second kappa shape index (κ2) is 8.84. The zero-order valence-corrected chi connectivity index (χ0v) is 15.9. The molecule has 0 aliphatic heterocycles. The van der Waals surface area contributed by atoms with Crippen molar-refractivity contribution in [3.8, 4) is 0 Å². The summed E-state index contributed by atoms with van der Waals surface area (Å²) in [6.07, 6.45) is 1.70. The summed E-state index contributed by atoms with van der Waals surface area (Å²) in [5.74, 6) is 2.15. The Balaban J connectivity index is 1.87. The number of guanidine groups is 1. The molecule has 1 unspecified atom stereocenters. The highest BCUT2D eigenvalue weighted by molar-refractivity contribution is 7.09. The van der Waals surface area contributed by atoms with E-state index in [1.54, 1.807) is 24.6 Å². The van der Waals surface area contributed by atoms with Gasteiger partial charge in [-0.2, -0.15) is 0 Å². The van der Waals surface area contributed by atoms with Crippen molar-refractivity contribution < 1.29 is 4.42 Å². The van der Waals surface area contributed by atoms with E-state index in [1.807, 2.05) is 26.2 Å². The summed E-state index contributed by atoms with van der Waals surface area (Å²) in [5.41, 5.74) is 1.14. The molecule has 2 N–H and O–H groups in total. The van der Waals surface area contributed by atoms with Crippen molar-refractivity contribution in [2.75, 3.05) is 27.7 Å². The fourth-order valence-corrected chi connectivity index (χ4v) is 3.16. The van der Waals surface area contributed by atoms with Crippen molar-refractivity contribution >= 4 is 17.3 Å². The first-order chi connectivity index (χ1) is 11.5. The van der Waals surface area contributed by atoms with Gasteiger partial charge in [-0.3, -0.25) is 9.89 Å². The van der Waals surface area contributed by atoms with E-state index in [-0.39, 0.29) is 6.04 Å². The summed E-state index contributed by atoms with van der Waals surface area (Å²) in [6.45, 7) is 5.69. The van der Waals surface area contributed by atoms with Crippen LogP contribution in [0.15, 0.2) is 33.2 Å². The number of furan rings is 1. The zero-order valence-electron chi connectivity index (χ0n) is 15.0. The van der Waals surface area contributed by atoms with Crippen LogP contribution in [0.4, 0.5) is 0 Å². The van der Waals surface area contributed by atoms with E-state index in [0.717, 1.165) is 22.4 Å². The van der Waals surface area contributed by atoms with Crippen LogP contribution in [0.3, 0.4) is 0 Å². The van der Waals surface area contributed by atoms with Crippen molar-refractivity contribution in [2.45, 2.75) is 32.4 Å². The van der Waals surface area contributed by atoms with Crippen LogP contribution in [0, 0.1) is 0 Å². The van der Waals surface area contributed by atoms with Gasteiger partial charge in [0.05, 0.1) is 24.5 Å². The predicted octanol–water partition coefficient (Wildman–Crippen LogP) is 2.83. The van der Waals surface area contributed by atoms with Crippen LogP contribution in [-0.4, -0.2) is 43.5 Å². The first-order valence-electron chi connectivity index (χ1n) is 8.10. The normalized spacial score (nSPS) is 13.5. The molecule has 0 radical (unpaired) electrons. The molecule has 2 aromatic heterocycles. The summed E-state index contributed by atoms with van der Waals surface area (Å²) in [4.78, 5) is 11.0. The quantitative estimate of drug-likeness (QED) is 0.594. The number of hydrogen-bond donors (Lipinski definition) is 2. The van der Waals surface area contributed by atoms with Gasteiger partial charge in [0.2, 0.25) is 0 Å². The minimum absolute atomic E-state index is 0.144. The molecule has 132 valence electrons. The molecule has 2 aromatic rings. The summed E-state index contributed by atoms with van der Waals surface area (Å²) < 4.78 is 5.53. The van der Waals surface area contributed by atoms with Crippen LogP contribution >= 0.6 is 11.3 Å². The Labute approximate surface area is 148 Å². The Kier molecular flexibility index (Phi) is 6.81. The number of aliphatic imine (C=N–C) groups is 1. The highest BCUT2D eigenvalue weighted by atomic mass is 32.1. The highest BCUT2D eigenvalue weighted by Crippen LogP contribution is 2.18. The monoisotopic (exact) mass is 349 g/mol. The molecular weight excluding hydrogens is 322 g/mol. The van der Waals surface area contributed by atoms with Crippen molar-refractivity contribution in [3.05, 3.63) is 40.2 Å². The maximum absolute atomic E-state index is 5.53. The maximum atomic E-state index is 5.53. The van der Waals surface area contributed by atoms with Crippen LogP contribution in [0.25, 0.3) is 0 Å². The Hall–Kier alpha value is -1.86. The average molecular weight is 350 g/mol. The SMILES string of the molecule is CN=C(NCc1nc(C(C)C)cs1)NCC(c1ccco1)N(C)C. The van der Waals surface area contributed by atoms with Gasteiger partial charge in [-0.25, -0.2) is 4.98 Å². The third kappa shape index (κ3) is 5.07. The van der Waals surface area contributed by atoms with E-state index in [1.165, 1.54) is 0 Å². The van der Waals surface area contributed by atoms with Gasteiger partial charge in [0.1, 0.15) is 10.8 Å². The second-order valence-electron chi connectivity index (χ2n) is 6.12. The fourth-order valence-electron chi connectivity index (χ4n) is 2.26. The fraction of sp³-hybridized carbons (Fsp3) is 0.529. The van der Waals surface area contributed by atoms with E-state index in [4.69, 9.17) is 4.42 Å². The summed E-state index contributed by atoms with van der Waals surface area (Å²) in [5, 5.41) is 9.86. The lowest BCUT2D eigenvalue weighted by atomic mass is 10.2. The molecule has 7 heteroatoms. The van der Waals surface area contributed by atoms with Crippen molar-refractivity contribution in [1.82, 2.24) is 20.5 Å². The average Bonchev–Trinajstić information content (AvgIpc) is 3.21. The maximum Gasteiger partial charge on any atom is 0.191 e. The summed E-state index contributed by atoms with van der Waals surface area (Å²) in [6, 6.07) is 4.05. The van der Waals surface area contributed by atoms with Crippen molar-refractivity contribution in [1.29, 1.82) is 0 Å². The summed E-state index contributed by atoms with van der Waals surface area (Å²) >= 11 is 1.68. The number of nitrogens with one attached hydrogen (secondary N) is 2.